The molecule has 3 aliphatic rings. The minimum absolute atomic E-state index is 0.0463. The molecule has 30 heavy (non-hydrogen) atoms. The highest BCUT2D eigenvalue weighted by molar-refractivity contribution is 6.04. The van der Waals surface area contributed by atoms with Crippen molar-refractivity contribution in [2.45, 2.75) is 50.1 Å². The van der Waals surface area contributed by atoms with Gasteiger partial charge in [-0.25, -0.2) is 0 Å². The zero-order chi connectivity index (χ0) is 21.5. The molecule has 2 bridgehead atoms. The van der Waals surface area contributed by atoms with Crippen LogP contribution < -0.4 is 16.8 Å². The maximum atomic E-state index is 12.9. The van der Waals surface area contributed by atoms with E-state index in [9.17, 15) is 18.3 Å². The normalized spacial score (nSPS) is 28.2. The van der Waals surface area contributed by atoms with Crippen LogP contribution in [-0.2, 0) is 10.9 Å². The third-order valence-corrected chi connectivity index (χ3v) is 5.63. The van der Waals surface area contributed by atoms with Crippen molar-refractivity contribution >= 4 is 11.5 Å². The van der Waals surface area contributed by atoms with Crippen molar-refractivity contribution < 1.29 is 23.0 Å². The van der Waals surface area contributed by atoms with Crippen LogP contribution in [0.25, 0.3) is 5.70 Å². The number of alkyl halides is 3. The summed E-state index contributed by atoms with van der Waals surface area (Å²) in [7, 11) is 0. The van der Waals surface area contributed by atoms with Gasteiger partial charge in [0.05, 0.1) is 29.5 Å². The summed E-state index contributed by atoms with van der Waals surface area (Å²) in [6.45, 7) is 0. The number of rotatable bonds is 3. The van der Waals surface area contributed by atoms with Crippen molar-refractivity contribution in [2.24, 2.45) is 16.5 Å². The van der Waals surface area contributed by atoms with Crippen molar-refractivity contribution in [3.8, 4) is 5.75 Å². The number of nitrogens with two attached hydrogens (primary N) is 2. The van der Waals surface area contributed by atoms with E-state index in [-0.39, 0.29) is 35.3 Å². The molecule has 1 aromatic rings. The average molecular weight is 420 g/mol. The Morgan fingerprint density at radius 2 is 1.87 bits per heavy atom. The summed E-state index contributed by atoms with van der Waals surface area (Å²) in [5.74, 6) is -0.278. The van der Waals surface area contributed by atoms with E-state index in [0.29, 0.717) is 17.2 Å². The van der Waals surface area contributed by atoms with E-state index >= 15 is 0 Å². The Morgan fingerprint density at radius 1 is 1.17 bits per heavy atom. The maximum Gasteiger partial charge on any atom is 0.416 e. The Hall–Kier alpha value is -2.94. The number of phenolic OH excluding ortho intramolecular Hbond substituents is 1. The number of nitrogens with one attached hydrogen (secondary N) is 1. The molecule has 3 aliphatic heterocycles. The minimum Gasteiger partial charge on any atom is -0.507 e. The molecule has 6 N–H and O–H groups in total. The molecule has 9 heteroatoms. The van der Waals surface area contributed by atoms with Crippen molar-refractivity contribution in [1.82, 2.24) is 5.32 Å². The molecule has 2 saturated heterocycles. The minimum atomic E-state index is -4.56. The largest absolute Gasteiger partial charge is 0.507 e. The van der Waals surface area contributed by atoms with Gasteiger partial charge < -0.3 is 26.6 Å². The van der Waals surface area contributed by atoms with Crippen LogP contribution in [0.2, 0.25) is 0 Å². The Kier molecular flexibility index (Phi) is 5.23. The van der Waals surface area contributed by atoms with E-state index in [4.69, 9.17) is 16.2 Å². The fourth-order valence-corrected chi connectivity index (χ4v) is 4.16. The van der Waals surface area contributed by atoms with Gasteiger partial charge in [0.2, 0.25) is 0 Å². The summed E-state index contributed by atoms with van der Waals surface area (Å²) in [5.41, 5.74) is 12.8. The first-order valence-electron chi connectivity index (χ1n) is 9.75. The van der Waals surface area contributed by atoms with Gasteiger partial charge in [0, 0.05) is 29.1 Å². The van der Waals surface area contributed by atoms with Crippen LogP contribution in [0.4, 0.5) is 13.2 Å². The summed E-state index contributed by atoms with van der Waals surface area (Å²) in [5, 5.41) is 13.1. The molecule has 3 heterocycles. The number of phenols is 1. The van der Waals surface area contributed by atoms with E-state index < -0.39 is 17.5 Å². The van der Waals surface area contributed by atoms with Crippen molar-refractivity contribution in [3.63, 3.8) is 0 Å². The van der Waals surface area contributed by atoms with Gasteiger partial charge in [-0.15, -0.1) is 0 Å². The Morgan fingerprint density at radius 3 is 2.50 bits per heavy atom. The third-order valence-electron chi connectivity index (χ3n) is 5.63. The van der Waals surface area contributed by atoms with E-state index in [1.165, 1.54) is 0 Å². The predicted molar refractivity (Wildman–Crippen MR) is 107 cm³/mol. The topological polar surface area (TPSA) is 106 Å². The summed E-state index contributed by atoms with van der Waals surface area (Å²) in [4.78, 5) is 4.67. The summed E-state index contributed by atoms with van der Waals surface area (Å²) >= 11 is 0. The fraction of sp³-hybridized carbons (Fsp3) is 0.381. The van der Waals surface area contributed by atoms with Gasteiger partial charge in [-0.05, 0) is 50.0 Å². The number of dihydropyridines is 1. The third kappa shape index (κ3) is 4.02. The SMILES string of the molecule is NC(=NC1C[C@H]2CC[C@@H](C1)O2)C1=CNC=C/C1=C(/N)c1ccc(C(F)(F)F)cc1O. The van der Waals surface area contributed by atoms with Crippen LogP contribution in [0, 0.1) is 0 Å². The highest BCUT2D eigenvalue weighted by atomic mass is 19.4. The van der Waals surface area contributed by atoms with Crippen LogP contribution in [0.3, 0.4) is 0 Å². The monoisotopic (exact) mass is 420 g/mol. The van der Waals surface area contributed by atoms with Gasteiger partial charge in [-0.3, -0.25) is 4.99 Å². The first-order valence-corrected chi connectivity index (χ1v) is 9.75. The number of fused-ring (bicyclic) bond motifs is 2. The lowest BCUT2D eigenvalue weighted by Gasteiger charge is -2.26. The summed E-state index contributed by atoms with van der Waals surface area (Å²) in [6.07, 6.45) is 4.47. The standard InChI is InChI=1S/C21H23F3N4O2/c22-21(23,24)11-1-4-16(18(29)7-11)19(25)15-5-6-27-10-17(15)20(26)28-12-8-13-2-3-14(9-12)30-13/h1,4-7,10,12-14,27,29H,2-3,8-9,25H2,(H2,26,28)/b19-15-/t12?,13-,14+. The zero-order valence-corrected chi connectivity index (χ0v) is 16.1. The highest BCUT2D eigenvalue weighted by Crippen LogP contribution is 2.36. The summed E-state index contributed by atoms with van der Waals surface area (Å²) < 4.78 is 44.5. The van der Waals surface area contributed by atoms with Crippen molar-refractivity contribution in [3.05, 3.63) is 58.9 Å². The first-order chi connectivity index (χ1) is 14.2. The van der Waals surface area contributed by atoms with Gasteiger partial charge in [-0.2, -0.15) is 13.2 Å². The van der Waals surface area contributed by atoms with E-state index in [2.05, 4.69) is 10.3 Å². The molecule has 0 amide bonds. The molecule has 4 rings (SSSR count). The molecular weight excluding hydrogens is 397 g/mol. The number of hydrogen-bond donors (Lipinski definition) is 4. The number of nitrogens with zero attached hydrogens (tertiary/aromatic N) is 1. The molecule has 0 aromatic heterocycles. The second-order valence-corrected chi connectivity index (χ2v) is 7.71. The molecule has 0 radical (unpaired) electrons. The summed E-state index contributed by atoms with van der Waals surface area (Å²) in [6, 6.07) is 2.74. The molecule has 1 aromatic carbocycles. The van der Waals surface area contributed by atoms with Gasteiger partial charge in [0.1, 0.15) is 11.6 Å². The van der Waals surface area contributed by atoms with Gasteiger partial charge in [0.15, 0.2) is 0 Å². The molecular formula is C21H23F3N4O2. The Balaban J connectivity index is 1.64. The zero-order valence-electron chi connectivity index (χ0n) is 16.1. The van der Waals surface area contributed by atoms with Gasteiger partial charge >= 0.3 is 6.18 Å². The number of benzene rings is 1. The molecule has 2 fully saturated rings. The van der Waals surface area contributed by atoms with Crippen LogP contribution in [-0.4, -0.2) is 29.2 Å². The Labute approximate surface area is 171 Å². The fourth-order valence-electron chi connectivity index (χ4n) is 4.16. The number of ether oxygens (including phenoxy) is 1. The highest BCUT2D eigenvalue weighted by Gasteiger charge is 2.35. The average Bonchev–Trinajstić information content (AvgIpc) is 3.04. The second-order valence-electron chi connectivity index (χ2n) is 7.71. The maximum absolute atomic E-state index is 12.9. The lowest BCUT2D eigenvalue weighted by atomic mass is 9.96. The van der Waals surface area contributed by atoms with Gasteiger partial charge in [-0.1, -0.05) is 0 Å². The predicted octanol–water partition coefficient (Wildman–Crippen LogP) is 3.15. The Bertz CT molecular complexity index is 953. The van der Waals surface area contributed by atoms with Gasteiger partial charge in [0.25, 0.3) is 0 Å². The lowest BCUT2D eigenvalue weighted by molar-refractivity contribution is -0.137. The van der Waals surface area contributed by atoms with Crippen molar-refractivity contribution in [1.29, 1.82) is 0 Å². The smallest absolute Gasteiger partial charge is 0.416 e. The molecule has 0 saturated carbocycles. The number of hydrogen-bond acceptors (Lipinski definition) is 5. The van der Waals surface area contributed by atoms with Crippen molar-refractivity contribution in [2.75, 3.05) is 0 Å². The van der Waals surface area contributed by atoms with Crippen LogP contribution in [0.5, 0.6) is 5.75 Å². The number of halogens is 3. The molecule has 0 aliphatic carbocycles. The second kappa shape index (κ2) is 7.71. The van der Waals surface area contributed by atoms with E-state index in [1.807, 2.05) is 0 Å². The molecule has 3 atom stereocenters. The van der Waals surface area contributed by atoms with E-state index in [0.717, 1.165) is 37.8 Å². The molecule has 6 nitrogen and oxygen atoms in total. The van der Waals surface area contributed by atoms with Crippen LogP contribution >= 0.6 is 0 Å². The number of allylic oxidation sites excluding steroid dienone is 1. The molecule has 1 unspecified atom stereocenters. The quantitative estimate of drug-likeness (QED) is 0.444. The molecule has 160 valence electrons. The molecule has 0 spiro atoms. The number of aromatic hydroxyl groups is 1. The van der Waals surface area contributed by atoms with E-state index in [1.54, 1.807) is 18.5 Å². The lowest BCUT2D eigenvalue weighted by Crippen LogP contribution is -2.30. The number of aliphatic imine (C=N–C) groups is 1. The number of amidine groups is 1. The van der Waals surface area contributed by atoms with Crippen LogP contribution in [0.1, 0.15) is 36.8 Å². The van der Waals surface area contributed by atoms with Crippen LogP contribution in [0.15, 0.2) is 52.8 Å². The first kappa shape index (κ1) is 20.3.